The molecule has 0 fully saturated rings. The van der Waals surface area contributed by atoms with Gasteiger partial charge in [0.05, 0.1) is 11.4 Å². The van der Waals surface area contributed by atoms with Crippen LogP contribution in [-0.2, 0) is 0 Å². The van der Waals surface area contributed by atoms with Gasteiger partial charge in [-0.1, -0.05) is 0 Å². The molecule has 0 saturated heterocycles. The number of hydrogen-bond acceptors (Lipinski definition) is 2. The standard InChI is InChI=1S/C7H7F3N2/c1-12-4-2-3(8)5(9)6(10)7(4)11/h2,12H,11H2,1H3. The van der Waals surface area contributed by atoms with E-state index in [1.807, 2.05) is 0 Å². The zero-order chi connectivity index (χ0) is 9.30. The summed E-state index contributed by atoms with van der Waals surface area (Å²) < 4.78 is 37.6. The summed E-state index contributed by atoms with van der Waals surface area (Å²) in [5.74, 6) is -4.17. The quantitative estimate of drug-likeness (QED) is 0.505. The van der Waals surface area contributed by atoms with Gasteiger partial charge in [0.2, 0.25) is 0 Å². The lowest BCUT2D eigenvalue weighted by molar-refractivity contribution is 0.450. The Hall–Kier alpha value is -1.39. The molecule has 12 heavy (non-hydrogen) atoms. The van der Waals surface area contributed by atoms with E-state index in [4.69, 9.17) is 5.73 Å². The molecular formula is C7H7F3N2. The van der Waals surface area contributed by atoms with Crippen LogP contribution in [0.4, 0.5) is 24.5 Å². The zero-order valence-corrected chi connectivity index (χ0v) is 6.29. The molecule has 0 aromatic heterocycles. The van der Waals surface area contributed by atoms with Crippen LogP contribution < -0.4 is 11.1 Å². The first kappa shape index (κ1) is 8.70. The maximum atomic E-state index is 12.7. The summed E-state index contributed by atoms with van der Waals surface area (Å²) in [4.78, 5) is 0. The molecule has 66 valence electrons. The highest BCUT2D eigenvalue weighted by Gasteiger charge is 2.15. The van der Waals surface area contributed by atoms with Crippen LogP contribution in [0.2, 0.25) is 0 Å². The first-order valence-corrected chi connectivity index (χ1v) is 3.18. The molecule has 0 amide bonds. The van der Waals surface area contributed by atoms with Gasteiger partial charge in [0.1, 0.15) is 0 Å². The number of halogens is 3. The van der Waals surface area contributed by atoms with Crippen molar-refractivity contribution in [3.63, 3.8) is 0 Å². The molecule has 5 heteroatoms. The third-order valence-electron chi connectivity index (χ3n) is 1.47. The second-order valence-electron chi connectivity index (χ2n) is 2.20. The molecule has 0 atom stereocenters. The van der Waals surface area contributed by atoms with Crippen LogP contribution in [0, 0.1) is 17.5 Å². The molecule has 0 aliphatic carbocycles. The number of nitrogen functional groups attached to an aromatic ring is 1. The van der Waals surface area contributed by atoms with Crippen molar-refractivity contribution in [2.24, 2.45) is 0 Å². The number of rotatable bonds is 1. The van der Waals surface area contributed by atoms with Crippen molar-refractivity contribution in [3.8, 4) is 0 Å². The van der Waals surface area contributed by atoms with E-state index in [-0.39, 0.29) is 5.69 Å². The lowest BCUT2D eigenvalue weighted by Gasteiger charge is -2.06. The van der Waals surface area contributed by atoms with E-state index in [1.165, 1.54) is 7.05 Å². The van der Waals surface area contributed by atoms with E-state index in [0.29, 0.717) is 0 Å². The number of nitrogens with one attached hydrogen (secondary N) is 1. The lowest BCUT2D eigenvalue weighted by Crippen LogP contribution is -2.03. The van der Waals surface area contributed by atoms with Crippen molar-refractivity contribution in [1.29, 1.82) is 0 Å². The number of anilines is 2. The Morgan fingerprint density at radius 2 is 1.83 bits per heavy atom. The van der Waals surface area contributed by atoms with E-state index >= 15 is 0 Å². The Bertz CT molecular complexity index is 312. The Balaban J connectivity index is 3.39. The molecule has 1 rings (SSSR count). The minimum atomic E-state index is -1.55. The Morgan fingerprint density at radius 1 is 1.25 bits per heavy atom. The zero-order valence-electron chi connectivity index (χ0n) is 6.29. The molecule has 0 bridgehead atoms. The first-order chi connectivity index (χ1) is 5.57. The van der Waals surface area contributed by atoms with Gasteiger partial charge in [-0.25, -0.2) is 13.2 Å². The van der Waals surface area contributed by atoms with Gasteiger partial charge in [0.25, 0.3) is 0 Å². The van der Waals surface area contributed by atoms with Crippen LogP contribution in [0.25, 0.3) is 0 Å². The van der Waals surface area contributed by atoms with Gasteiger partial charge < -0.3 is 11.1 Å². The van der Waals surface area contributed by atoms with Crippen LogP contribution in [0.15, 0.2) is 6.07 Å². The van der Waals surface area contributed by atoms with Crippen molar-refractivity contribution in [3.05, 3.63) is 23.5 Å². The third-order valence-corrected chi connectivity index (χ3v) is 1.47. The van der Waals surface area contributed by atoms with Crippen molar-refractivity contribution in [1.82, 2.24) is 0 Å². The van der Waals surface area contributed by atoms with Crippen LogP contribution in [0.5, 0.6) is 0 Å². The second kappa shape index (κ2) is 2.92. The summed E-state index contributed by atoms with van der Waals surface area (Å²) in [6.45, 7) is 0. The predicted molar refractivity (Wildman–Crippen MR) is 40.3 cm³/mol. The molecule has 0 aliphatic rings. The summed E-state index contributed by atoms with van der Waals surface area (Å²) >= 11 is 0. The molecular weight excluding hydrogens is 169 g/mol. The summed E-state index contributed by atoms with van der Waals surface area (Å²) in [5.41, 5.74) is 4.73. The van der Waals surface area contributed by atoms with E-state index in [1.54, 1.807) is 0 Å². The molecule has 1 aromatic carbocycles. The average molecular weight is 176 g/mol. The summed E-state index contributed by atoms with van der Waals surface area (Å²) in [5, 5.41) is 2.43. The van der Waals surface area contributed by atoms with E-state index in [0.717, 1.165) is 6.07 Å². The highest BCUT2D eigenvalue weighted by Crippen LogP contribution is 2.25. The largest absolute Gasteiger partial charge is 0.395 e. The smallest absolute Gasteiger partial charge is 0.196 e. The minimum Gasteiger partial charge on any atom is -0.395 e. The normalized spacial score (nSPS) is 10.0. The second-order valence-corrected chi connectivity index (χ2v) is 2.20. The number of benzene rings is 1. The Kier molecular flexibility index (Phi) is 2.12. The van der Waals surface area contributed by atoms with Gasteiger partial charge in [-0.3, -0.25) is 0 Å². The molecule has 0 aliphatic heterocycles. The van der Waals surface area contributed by atoms with E-state index in [2.05, 4.69) is 5.32 Å². The fourth-order valence-corrected chi connectivity index (χ4v) is 0.816. The van der Waals surface area contributed by atoms with E-state index in [9.17, 15) is 13.2 Å². The minimum absolute atomic E-state index is 0.0337. The van der Waals surface area contributed by atoms with Gasteiger partial charge in [-0.2, -0.15) is 0 Å². The SMILES string of the molecule is CNc1cc(F)c(F)c(F)c1N. The predicted octanol–water partition coefficient (Wildman–Crippen LogP) is 1.73. The fourth-order valence-electron chi connectivity index (χ4n) is 0.816. The first-order valence-electron chi connectivity index (χ1n) is 3.18. The molecule has 2 nitrogen and oxygen atoms in total. The maximum absolute atomic E-state index is 12.7. The van der Waals surface area contributed by atoms with Crippen LogP contribution in [0.1, 0.15) is 0 Å². The maximum Gasteiger partial charge on any atom is 0.196 e. The van der Waals surface area contributed by atoms with Gasteiger partial charge in [-0.05, 0) is 0 Å². The van der Waals surface area contributed by atoms with Crippen molar-refractivity contribution >= 4 is 11.4 Å². The number of hydrogen-bond donors (Lipinski definition) is 2. The average Bonchev–Trinajstić information content (AvgIpc) is 2.08. The molecule has 0 spiro atoms. The van der Waals surface area contributed by atoms with Gasteiger partial charge in [0, 0.05) is 13.1 Å². The van der Waals surface area contributed by atoms with Crippen LogP contribution >= 0.6 is 0 Å². The third kappa shape index (κ3) is 1.17. The number of nitrogens with two attached hydrogens (primary N) is 1. The topological polar surface area (TPSA) is 38.0 Å². The van der Waals surface area contributed by atoms with Crippen LogP contribution in [0.3, 0.4) is 0 Å². The molecule has 1 aromatic rings. The van der Waals surface area contributed by atoms with Gasteiger partial charge >= 0.3 is 0 Å². The Labute approximate surface area is 67.2 Å². The lowest BCUT2D eigenvalue weighted by atomic mass is 10.2. The molecule has 0 saturated carbocycles. The van der Waals surface area contributed by atoms with E-state index < -0.39 is 23.1 Å². The van der Waals surface area contributed by atoms with Crippen molar-refractivity contribution in [2.45, 2.75) is 0 Å². The highest BCUT2D eigenvalue weighted by molar-refractivity contribution is 5.66. The Morgan fingerprint density at radius 3 is 2.33 bits per heavy atom. The summed E-state index contributed by atoms with van der Waals surface area (Å²) in [7, 11) is 1.43. The molecule has 0 unspecified atom stereocenters. The molecule has 0 heterocycles. The van der Waals surface area contributed by atoms with Gasteiger partial charge in [-0.15, -0.1) is 0 Å². The molecule has 0 radical (unpaired) electrons. The van der Waals surface area contributed by atoms with Crippen molar-refractivity contribution in [2.75, 3.05) is 18.1 Å². The highest BCUT2D eigenvalue weighted by atomic mass is 19.2. The summed E-state index contributed by atoms with van der Waals surface area (Å²) in [6, 6.07) is 0.799. The van der Waals surface area contributed by atoms with Crippen molar-refractivity contribution < 1.29 is 13.2 Å². The monoisotopic (exact) mass is 176 g/mol. The van der Waals surface area contributed by atoms with Gasteiger partial charge in [0.15, 0.2) is 17.5 Å². The van der Waals surface area contributed by atoms with Crippen LogP contribution in [-0.4, -0.2) is 7.05 Å². The fraction of sp³-hybridized carbons (Fsp3) is 0.143. The molecule has 3 N–H and O–H groups in total. The summed E-state index contributed by atoms with van der Waals surface area (Å²) in [6.07, 6.45) is 0.